The minimum Gasteiger partial charge on any atom is -0.467 e. The number of methoxy groups -OCH3 is 1. The first-order chi connectivity index (χ1) is 9.40. The van der Waals surface area contributed by atoms with E-state index in [1.807, 2.05) is 13.8 Å². The molecule has 0 saturated heterocycles. The number of ether oxygens (including phenoxy) is 1. The predicted molar refractivity (Wildman–Crippen MR) is 79.2 cm³/mol. The van der Waals surface area contributed by atoms with Crippen molar-refractivity contribution >= 4 is 35.1 Å². The van der Waals surface area contributed by atoms with Gasteiger partial charge in [-0.2, -0.15) is 0 Å². The van der Waals surface area contributed by atoms with Crippen LogP contribution in [0.25, 0.3) is 0 Å². The van der Waals surface area contributed by atoms with Crippen LogP contribution in [0.15, 0.2) is 18.2 Å². The molecule has 2 atom stereocenters. The molecule has 0 heterocycles. The number of nitrogens with one attached hydrogen (secondary N) is 1. The molecule has 0 bridgehead atoms. The van der Waals surface area contributed by atoms with Crippen molar-refractivity contribution in [1.29, 1.82) is 0 Å². The van der Waals surface area contributed by atoms with Crippen LogP contribution in [-0.2, 0) is 9.53 Å². The third kappa shape index (κ3) is 4.12. The summed E-state index contributed by atoms with van der Waals surface area (Å²) in [6.45, 7) is 3.80. The van der Waals surface area contributed by atoms with Crippen LogP contribution in [-0.4, -0.2) is 25.0 Å². The van der Waals surface area contributed by atoms with Gasteiger partial charge in [-0.15, -0.1) is 0 Å². The molecule has 110 valence electrons. The van der Waals surface area contributed by atoms with Crippen LogP contribution in [0.4, 0.5) is 0 Å². The SMILES string of the molecule is CC[C@@H](C)[C@H](NC(=O)c1ccc(Cl)cc1Cl)C(=O)OC. The number of esters is 1. The quantitative estimate of drug-likeness (QED) is 0.848. The van der Waals surface area contributed by atoms with E-state index in [0.717, 1.165) is 6.42 Å². The zero-order chi connectivity index (χ0) is 15.3. The van der Waals surface area contributed by atoms with Crippen LogP contribution >= 0.6 is 23.2 Å². The van der Waals surface area contributed by atoms with Gasteiger partial charge >= 0.3 is 5.97 Å². The number of hydrogen-bond donors (Lipinski definition) is 1. The summed E-state index contributed by atoms with van der Waals surface area (Å²) in [5.74, 6) is -0.947. The van der Waals surface area contributed by atoms with Crippen molar-refractivity contribution < 1.29 is 14.3 Å². The minimum atomic E-state index is -0.704. The molecule has 0 aliphatic heterocycles. The summed E-state index contributed by atoms with van der Waals surface area (Å²) >= 11 is 11.8. The van der Waals surface area contributed by atoms with Crippen molar-refractivity contribution in [2.45, 2.75) is 26.3 Å². The lowest BCUT2D eigenvalue weighted by atomic mass is 9.99. The molecule has 0 unspecified atom stereocenters. The number of carbonyl (C=O) groups excluding carboxylic acids is 2. The lowest BCUT2D eigenvalue weighted by Crippen LogP contribution is -2.45. The molecule has 1 N–H and O–H groups in total. The van der Waals surface area contributed by atoms with Gasteiger partial charge in [-0.05, 0) is 24.1 Å². The van der Waals surface area contributed by atoms with Gasteiger partial charge in [-0.1, -0.05) is 43.5 Å². The highest BCUT2D eigenvalue weighted by molar-refractivity contribution is 6.36. The molecule has 0 aromatic heterocycles. The van der Waals surface area contributed by atoms with Crippen molar-refractivity contribution in [3.8, 4) is 0 Å². The maximum absolute atomic E-state index is 12.2. The van der Waals surface area contributed by atoms with Crippen molar-refractivity contribution in [2.24, 2.45) is 5.92 Å². The Morgan fingerprint density at radius 3 is 2.50 bits per heavy atom. The second kappa shape index (κ2) is 7.50. The Balaban J connectivity index is 2.93. The van der Waals surface area contributed by atoms with E-state index >= 15 is 0 Å². The van der Waals surface area contributed by atoms with Gasteiger partial charge in [0.25, 0.3) is 5.91 Å². The fourth-order valence-corrected chi connectivity index (χ4v) is 2.18. The number of benzene rings is 1. The fourth-order valence-electron chi connectivity index (χ4n) is 1.69. The summed E-state index contributed by atoms with van der Waals surface area (Å²) in [6, 6.07) is 3.86. The van der Waals surface area contributed by atoms with Crippen molar-refractivity contribution in [3.05, 3.63) is 33.8 Å². The summed E-state index contributed by atoms with van der Waals surface area (Å²) in [7, 11) is 1.29. The van der Waals surface area contributed by atoms with E-state index in [0.29, 0.717) is 5.02 Å². The molecule has 1 aromatic rings. The average molecular weight is 318 g/mol. The molecule has 0 spiro atoms. The maximum atomic E-state index is 12.2. The summed E-state index contributed by atoms with van der Waals surface area (Å²) in [5, 5.41) is 3.34. The van der Waals surface area contributed by atoms with Gasteiger partial charge in [0.05, 0.1) is 17.7 Å². The maximum Gasteiger partial charge on any atom is 0.328 e. The summed E-state index contributed by atoms with van der Waals surface area (Å²) < 4.78 is 4.71. The first-order valence-corrected chi connectivity index (χ1v) is 7.00. The Hall–Kier alpha value is -1.26. The molecule has 0 radical (unpaired) electrons. The second-order valence-electron chi connectivity index (χ2n) is 4.48. The first kappa shape index (κ1) is 16.8. The second-order valence-corrected chi connectivity index (χ2v) is 5.33. The smallest absolute Gasteiger partial charge is 0.328 e. The molecule has 6 heteroatoms. The van der Waals surface area contributed by atoms with E-state index in [1.54, 1.807) is 6.07 Å². The molecule has 0 aliphatic carbocycles. The molecule has 4 nitrogen and oxygen atoms in total. The highest BCUT2D eigenvalue weighted by atomic mass is 35.5. The van der Waals surface area contributed by atoms with Crippen molar-refractivity contribution in [3.63, 3.8) is 0 Å². The van der Waals surface area contributed by atoms with Crippen LogP contribution in [0.5, 0.6) is 0 Å². The van der Waals surface area contributed by atoms with Gasteiger partial charge in [-0.25, -0.2) is 4.79 Å². The number of amides is 1. The molecule has 0 fully saturated rings. The van der Waals surface area contributed by atoms with Gasteiger partial charge in [0.15, 0.2) is 0 Å². The van der Waals surface area contributed by atoms with Crippen LogP contribution in [0.1, 0.15) is 30.6 Å². The van der Waals surface area contributed by atoms with Crippen molar-refractivity contribution in [1.82, 2.24) is 5.32 Å². The average Bonchev–Trinajstić information content (AvgIpc) is 2.42. The van der Waals surface area contributed by atoms with E-state index in [1.165, 1.54) is 19.2 Å². The summed E-state index contributed by atoms with van der Waals surface area (Å²) in [5.41, 5.74) is 0.272. The van der Waals surface area contributed by atoms with E-state index in [-0.39, 0.29) is 16.5 Å². The lowest BCUT2D eigenvalue weighted by molar-refractivity contribution is -0.144. The highest BCUT2D eigenvalue weighted by Crippen LogP contribution is 2.21. The lowest BCUT2D eigenvalue weighted by Gasteiger charge is -2.22. The topological polar surface area (TPSA) is 55.4 Å². The fraction of sp³-hybridized carbons (Fsp3) is 0.429. The van der Waals surface area contributed by atoms with E-state index < -0.39 is 17.9 Å². The van der Waals surface area contributed by atoms with Gasteiger partial charge < -0.3 is 10.1 Å². The van der Waals surface area contributed by atoms with Gasteiger partial charge in [-0.3, -0.25) is 4.79 Å². The Kier molecular flexibility index (Phi) is 6.30. The van der Waals surface area contributed by atoms with E-state index in [2.05, 4.69) is 5.32 Å². The van der Waals surface area contributed by atoms with Crippen LogP contribution < -0.4 is 5.32 Å². The number of rotatable bonds is 5. The summed E-state index contributed by atoms with van der Waals surface area (Å²) in [6.07, 6.45) is 0.731. The molecule has 1 rings (SSSR count). The Labute approximate surface area is 128 Å². The number of halogens is 2. The van der Waals surface area contributed by atoms with Gasteiger partial charge in [0.2, 0.25) is 0 Å². The van der Waals surface area contributed by atoms with Crippen LogP contribution in [0.2, 0.25) is 10.0 Å². The van der Waals surface area contributed by atoms with Crippen LogP contribution in [0.3, 0.4) is 0 Å². The molecular weight excluding hydrogens is 301 g/mol. The first-order valence-electron chi connectivity index (χ1n) is 6.24. The third-order valence-electron chi connectivity index (χ3n) is 3.13. The molecule has 0 aliphatic rings. The normalized spacial score (nSPS) is 13.4. The molecule has 0 saturated carbocycles. The Morgan fingerprint density at radius 2 is 2.00 bits per heavy atom. The largest absolute Gasteiger partial charge is 0.467 e. The third-order valence-corrected chi connectivity index (χ3v) is 3.68. The minimum absolute atomic E-state index is 0.0440. The summed E-state index contributed by atoms with van der Waals surface area (Å²) in [4.78, 5) is 23.9. The van der Waals surface area contributed by atoms with Gasteiger partial charge in [0, 0.05) is 5.02 Å². The molecule has 1 amide bonds. The van der Waals surface area contributed by atoms with Crippen molar-refractivity contribution in [2.75, 3.05) is 7.11 Å². The molecule has 1 aromatic carbocycles. The number of hydrogen-bond acceptors (Lipinski definition) is 3. The van der Waals surface area contributed by atoms with E-state index in [9.17, 15) is 9.59 Å². The zero-order valence-corrected chi connectivity index (χ0v) is 13.1. The monoisotopic (exact) mass is 317 g/mol. The Bertz CT molecular complexity index is 505. The highest BCUT2D eigenvalue weighted by Gasteiger charge is 2.27. The zero-order valence-electron chi connectivity index (χ0n) is 11.6. The standard InChI is InChI=1S/C14H17Cl2NO3/c1-4-8(2)12(14(19)20-3)17-13(18)10-6-5-9(15)7-11(10)16/h5-8,12H,4H2,1-3H3,(H,17,18)/t8-,12+/m1/s1. The molecular formula is C14H17Cl2NO3. The van der Waals surface area contributed by atoms with E-state index in [4.69, 9.17) is 27.9 Å². The van der Waals surface area contributed by atoms with Crippen LogP contribution in [0, 0.1) is 5.92 Å². The molecule has 20 heavy (non-hydrogen) atoms. The predicted octanol–water partition coefficient (Wildman–Crippen LogP) is 3.31. The Morgan fingerprint density at radius 1 is 1.35 bits per heavy atom. The van der Waals surface area contributed by atoms with Gasteiger partial charge in [0.1, 0.15) is 6.04 Å². The number of carbonyl (C=O) groups is 2.